The van der Waals surface area contributed by atoms with Gasteiger partial charge in [0.1, 0.15) is 0 Å². The molecule has 14 heavy (non-hydrogen) atoms. The minimum atomic E-state index is 0.304. The number of fused-ring (bicyclic) bond motifs is 1. The van der Waals surface area contributed by atoms with Gasteiger partial charge in [-0.2, -0.15) is 0 Å². The molecule has 2 rings (SSSR count). The van der Waals surface area contributed by atoms with E-state index in [-0.39, 0.29) is 0 Å². The van der Waals surface area contributed by atoms with E-state index in [1.807, 2.05) is 0 Å². The van der Waals surface area contributed by atoms with Crippen molar-refractivity contribution in [3.63, 3.8) is 0 Å². The third-order valence-corrected chi connectivity index (χ3v) is 3.29. The first-order valence-electron chi connectivity index (χ1n) is 5.55. The zero-order valence-electron chi connectivity index (χ0n) is 9.36. The summed E-state index contributed by atoms with van der Waals surface area (Å²) in [5.74, 6) is 1.90. The Balaban J connectivity index is 1.98. The largest absolute Gasteiger partial charge is 0.342 e. The van der Waals surface area contributed by atoms with Crippen molar-refractivity contribution >= 4 is 5.91 Å². The first-order valence-corrected chi connectivity index (χ1v) is 5.55. The second-order valence-corrected chi connectivity index (χ2v) is 5.22. The van der Waals surface area contributed by atoms with Crippen molar-refractivity contribution in [3.05, 3.63) is 0 Å². The van der Waals surface area contributed by atoms with Gasteiger partial charge in [0.2, 0.25) is 5.91 Å². The maximum absolute atomic E-state index is 12.0. The predicted molar refractivity (Wildman–Crippen MR) is 55.9 cm³/mol. The number of carbonyl (C=O) groups excluding carboxylic acids is 1. The van der Waals surface area contributed by atoms with Gasteiger partial charge in [-0.15, -0.1) is 0 Å². The summed E-state index contributed by atoms with van der Waals surface area (Å²) in [6, 6.07) is 0. The molecule has 0 N–H and O–H groups in total. The van der Waals surface area contributed by atoms with Gasteiger partial charge in [0.05, 0.1) is 5.92 Å². The molecule has 0 aromatic carbocycles. The first-order chi connectivity index (χ1) is 6.58. The Kier molecular flexibility index (Phi) is 2.52. The number of carbonyl (C=O) groups is 1. The summed E-state index contributed by atoms with van der Waals surface area (Å²) in [4.78, 5) is 16.3. The highest BCUT2D eigenvalue weighted by Crippen LogP contribution is 2.31. The fraction of sp³-hybridized carbons (Fsp3) is 0.909. The van der Waals surface area contributed by atoms with E-state index >= 15 is 0 Å². The third-order valence-electron chi connectivity index (χ3n) is 3.29. The van der Waals surface area contributed by atoms with Crippen LogP contribution in [0.2, 0.25) is 0 Å². The summed E-state index contributed by atoms with van der Waals surface area (Å²) in [5.41, 5.74) is 0. The SMILES string of the molecule is CC(C)CN1C[C@@H]2CN(C)C[C@@H]2C1=O. The van der Waals surface area contributed by atoms with Crippen LogP contribution in [0.1, 0.15) is 13.8 Å². The van der Waals surface area contributed by atoms with Gasteiger partial charge in [-0.3, -0.25) is 4.79 Å². The van der Waals surface area contributed by atoms with E-state index in [1.165, 1.54) is 0 Å². The predicted octanol–water partition coefficient (Wildman–Crippen LogP) is 0.662. The second kappa shape index (κ2) is 3.54. The van der Waals surface area contributed by atoms with Crippen molar-refractivity contribution in [2.45, 2.75) is 13.8 Å². The summed E-state index contributed by atoms with van der Waals surface area (Å²) in [7, 11) is 2.11. The molecule has 2 heterocycles. The molecule has 0 aliphatic carbocycles. The molecule has 0 saturated carbocycles. The average Bonchev–Trinajstić information content (AvgIpc) is 2.53. The fourth-order valence-electron chi connectivity index (χ4n) is 2.76. The molecule has 0 bridgehead atoms. The first kappa shape index (κ1) is 9.97. The highest BCUT2D eigenvalue weighted by atomic mass is 16.2. The summed E-state index contributed by atoms with van der Waals surface area (Å²) in [6.45, 7) is 8.35. The van der Waals surface area contributed by atoms with Crippen LogP contribution in [0.4, 0.5) is 0 Å². The van der Waals surface area contributed by atoms with Crippen LogP contribution in [0.5, 0.6) is 0 Å². The van der Waals surface area contributed by atoms with Gasteiger partial charge in [-0.1, -0.05) is 13.8 Å². The number of likely N-dealkylation sites (tertiary alicyclic amines) is 2. The van der Waals surface area contributed by atoms with Crippen LogP contribution in [0, 0.1) is 17.8 Å². The number of rotatable bonds is 2. The number of hydrogen-bond donors (Lipinski definition) is 0. The highest BCUT2D eigenvalue weighted by Gasteiger charge is 2.44. The second-order valence-electron chi connectivity index (χ2n) is 5.22. The maximum atomic E-state index is 12.0. The minimum Gasteiger partial charge on any atom is -0.342 e. The molecule has 2 saturated heterocycles. The van der Waals surface area contributed by atoms with Crippen LogP contribution in [-0.4, -0.2) is 48.9 Å². The lowest BCUT2D eigenvalue weighted by atomic mass is 10.0. The molecule has 2 aliphatic rings. The molecule has 0 unspecified atom stereocenters. The molecular weight excluding hydrogens is 176 g/mol. The van der Waals surface area contributed by atoms with Crippen LogP contribution in [0.3, 0.4) is 0 Å². The molecule has 2 atom stereocenters. The molecule has 0 aromatic rings. The van der Waals surface area contributed by atoms with E-state index in [0.717, 1.165) is 26.2 Å². The third kappa shape index (κ3) is 1.65. The van der Waals surface area contributed by atoms with Gasteiger partial charge < -0.3 is 9.80 Å². The molecular formula is C11H20N2O. The Labute approximate surface area is 86.1 Å². The van der Waals surface area contributed by atoms with E-state index in [9.17, 15) is 4.79 Å². The number of amides is 1. The summed E-state index contributed by atoms with van der Waals surface area (Å²) >= 11 is 0. The average molecular weight is 196 g/mol. The molecule has 1 amide bonds. The van der Waals surface area contributed by atoms with Crippen LogP contribution >= 0.6 is 0 Å². The van der Waals surface area contributed by atoms with Crippen molar-refractivity contribution < 1.29 is 4.79 Å². The van der Waals surface area contributed by atoms with E-state index in [4.69, 9.17) is 0 Å². The lowest BCUT2D eigenvalue weighted by molar-refractivity contribution is -0.131. The van der Waals surface area contributed by atoms with Crippen molar-refractivity contribution in [2.24, 2.45) is 17.8 Å². The summed E-state index contributed by atoms with van der Waals surface area (Å²) in [5, 5.41) is 0. The topological polar surface area (TPSA) is 23.6 Å². The number of hydrogen-bond acceptors (Lipinski definition) is 2. The van der Waals surface area contributed by atoms with E-state index < -0.39 is 0 Å². The van der Waals surface area contributed by atoms with Crippen LogP contribution < -0.4 is 0 Å². The summed E-state index contributed by atoms with van der Waals surface area (Å²) < 4.78 is 0. The lowest BCUT2D eigenvalue weighted by Crippen LogP contribution is -2.34. The minimum absolute atomic E-state index is 0.304. The Morgan fingerprint density at radius 1 is 1.36 bits per heavy atom. The van der Waals surface area contributed by atoms with Crippen molar-refractivity contribution in [1.82, 2.24) is 9.80 Å². The monoisotopic (exact) mass is 196 g/mol. The van der Waals surface area contributed by atoms with Crippen LogP contribution in [0.15, 0.2) is 0 Å². The van der Waals surface area contributed by atoms with E-state index in [1.54, 1.807) is 0 Å². The Morgan fingerprint density at radius 2 is 2.07 bits per heavy atom. The Hall–Kier alpha value is -0.570. The van der Waals surface area contributed by atoms with E-state index in [0.29, 0.717) is 23.7 Å². The maximum Gasteiger partial charge on any atom is 0.227 e. The van der Waals surface area contributed by atoms with Crippen molar-refractivity contribution in [2.75, 3.05) is 33.2 Å². The van der Waals surface area contributed by atoms with Crippen molar-refractivity contribution in [1.29, 1.82) is 0 Å². The smallest absolute Gasteiger partial charge is 0.227 e. The number of nitrogens with zero attached hydrogens (tertiary/aromatic N) is 2. The van der Waals surface area contributed by atoms with Gasteiger partial charge in [0, 0.05) is 32.1 Å². The van der Waals surface area contributed by atoms with Gasteiger partial charge >= 0.3 is 0 Å². The fourth-order valence-corrected chi connectivity index (χ4v) is 2.76. The van der Waals surface area contributed by atoms with Gasteiger partial charge in [0.25, 0.3) is 0 Å². The Morgan fingerprint density at radius 3 is 2.64 bits per heavy atom. The molecule has 0 aromatic heterocycles. The van der Waals surface area contributed by atoms with Crippen molar-refractivity contribution in [3.8, 4) is 0 Å². The molecule has 0 spiro atoms. The molecule has 2 aliphatic heterocycles. The zero-order chi connectivity index (χ0) is 10.3. The molecule has 2 fully saturated rings. The van der Waals surface area contributed by atoms with Crippen LogP contribution in [-0.2, 0) is 4.79 Å². The normalized spacial score (nSPS) is 33.1. The Bertz CT molecular complexity index is 239. The molecule has 3 nitrogen and oxygen atoms in total. The van der Waals surface area contributed by atoms with Gasteiger partial charge in [-0.05, 0) is 13.0 Å². The highest BCUT2D eigenvalue weighted by molar-refractivity contribution is 5.82. The van der Waals surface area contributed by atoms with E-state index in [2.05, 4.69) is 30.7 Å². The molecule has 0 radical (unpaired) electrons. The van der Waals surface area contributed by atoms with Crippen LogP contribution in [0.25, 0.3) is 0 Å². The summed E-state index contributed by atoms with van der Waals surface area (Å²) in [6.07, 6.45) is 0. The quantitative estimate of drug-likeness (QED) is 0.648. The standard InChI is InChI=1S/C11H20N2O/c1-8(2)4-13-6-9-5-12(3)7-10(9)11(13)14/h8-10H,4-7H2,1-3H3/t9-,10-/m0/s1. The van der Waals surface area contributed by atoms with Gasteiger partial charge in [0.15, 0.2) is 0 Å². The molecule has 80 valence electrons. The molecule has 3 heteroatoms. The zero-order valence-corrected chi connectivity index (χ0v) is 9.36. The van der Waals surface area contributed by atoms with Gasteiger partial charge in [-0.25, -0.2) is 0 Å². The lowest BCUT2D eigenvalue weighted by Gasteiger charge is -2.21.